The molecule has 0 aromatic heterocycles. The van der Waals surface area contributed by atoms with Crippen LogP contribution in [0.4, 0.5) is 0 Å². The van der Waals surface area contributed by atoms with Crippen molar-refractivity contribution in [2.45, 2.75) is 51.5 Å². The summed E-state index contributed by atoms with van der Waals surface area (Å²) in [5, 5.41) is 11.7. The minimum absolute atomic E-state index is 0.170. The maximum atomic E-state index is 11.8. The predicted molar refractivity (Wildman–Crippen MR) is 83.9 cm³/mol. The van der Waals surface area contributed by atoms with E-state index in [0.29, 0.717) is 25.3 Å². The van der Waals surface area contributed by atoms with E-state index in [-0.39, 0.29) is 5.91 Å². The van der Waals surface area contributed by atoms with E-state index in [2.05, 4.69) is 12.2 Å². The second-order valence-corrected chi connectivity index (χ2v) is 6.00. The molecule has 118 valence electrons. The van der Waals surface area contributed by atoms with E-state index in [9.17, 15) is 9.59 Å². The number of thioether (sulfide) groups is 1. The van der Waals surface area contributed by atoms with Crippen molar-refractivity contribution in [3.63, 3.8) is 0 Å². The molecule has 0 saturated carbocycles. The highest BCUT2D eigenvalue weighted by atomic mass is 32.2. The fraction of sp³-hybridized carbons (Fsp3) is 0.857. The third kappa shape index (κ3) is 9.20. The predicted octanol–water partition coefficient (Wildman–Crippen LogP) is 1.85. The molecule has 0 radical (unpaired) electrons. The van der Waals surface area contributed by atoms with Crippen LogP contribution in [0, 0.1) is 5.92 Å². The maximum absolute atomic E-state index is 11.8. The number of carboxylic acids is 1. The Labute approximate surface area is 126 Å². The molecule has 0 rings (SSSR count). The summed E-state index contributed by atoms with van der Waals surface area (Å²) in [6, 6.07) is -0.769. The highest BCUT2D eigenvalue weighted by molar-refractivity contribution is 7.98. The molecule has 0 aromatic carbocycles. The van der Waals surface area contributed by atoms with Crippen molar-refractivity contribution in [3.8, 4) is 0 Å². The van der Waals surface area contributed by atoms with Gasteiger partial charge >= 0.3 is 5.97 Å². The van der Waals surface area contributed by atoms with Crippen LogP contribution >= 0.6 is 11.8 Å². The molecule has 0 aliphatic rings. The van der Waals surface area contributed by atoms with Gasteiger partial charge in [-0.15, -0.1) is 0 Å². The largest absolute Gasteiger partial charge is 0.480 e. The zero-order valence-corrected chi connectivity index (χ0v) is 13.4. The van der Waals surface area contributed by atoms with Crippen LogP contribution in [0.5, 0.6) is 0 Å². The van der Waals surface area contributed by atoms with Crippen LogP contribution in [0.25, 0.3) is 0 Å². The lowest BCUT2D eigenvalue weighted by molar-refractivity contribution is -0.141. The zero-order valence-electron chi connectivity index (χ0n) is 12.6. The third-order valence-electron chi connectivity index (χ3n) is 3.30. The number of hydrogen-bond acceptors (Lipinski definition) is 4. The lowest BCUT2D eigenvalue weighted by Gasteiger charge is -2.17. The second kappa shape index (κ2) is 12.0. The number of nitrogens with two attached hydrogens (primary N) is 1. The van der Waals surface area contributed by atoms with Gasteiger partial charge in [0.25, 0.3) is 0 Å². The molecule has 0 aromatic rings. The highest BCUT2D eigenvalue weighted by Gasteiger charge is 2.19. The number of carboxylic acid groups (broad SMARTS) is 1. The van der Waals surface area contributed by atoms with Crippen LogP contribution in [0.2, 0.25) is 0 Å². The van der Waals surface area contributed by atoms with Gasteiger partial charge < -0.3 is 16.2 Å². The Morgan fingerprint density at radius 1 is 1.25 bits per heavy atom. The molecule has 0 fully saturated rings. The number of carbonyl (C=O) groups excluding carboxylic acids is 1. The van der Waals surface area contributed by atoms with Gasteiger partial charge in [0.2, 0.25) is 5.91 Å². The lowest BCUT2D eigenvalue weighted by Crippen LogP contribution is -2.41. The van der Waals surface area contributed by atoms with Crippen molar-refractivity contribution in [3.05, 3.63) is 0 Å². The Kier molecular flexibility index (Phi) is 11.6. The zero-order chi connectivity index (χ0) is 15.4. The Morgan fingerprint density at radius 3 is 2.45 bits per heavy atom. The van der Waals surface area contributed by atoms with Gasteiger partial charge in [-0.1, -0.05) is 19.8 Å². The summed E-state index contributed by atoms with van der Waals surface area (Å²) in [6.07, 6.45) is 6.62. The Balaban J connectivity index is 4.13. The summed E-state index contributed by atoms with van der Waals surface area (Å²) >= 11 is 1.58. The van der Waals surface area contributed by atoms with Crippen LogP contribution in [0.3, 0.4) is 0 Å². The smallest absolute Gasteiger partial charge is 0.326 e. The molecule has 5 nitrogen and oxygen atoms in total. The minimum atomic E-state index is -0.959. The van der Waals surface area contributed by atoms with Crippen molar-refractivity contribution in [2.75, 3.05) is 18.6 Å². The van der Waals surface area contributed by atoms with E-state index >= 15 is 0 Å². The first kappa shape index (κ1) is 19.2. The van der Waals surface area contributed by atoms with Crippen LogP contribution in [0.1, 0.15) is 45.4 Å². The monoisotopic (exact) mass is 304 g/mol. The van der Waals surface area contributed by atoms with Crippen molar-refractivity contribution in [1.82, 2.24) is 5.32 Å². The topological polar surface area (TPSA) is 92.4 Å². The second-order valence-electron chi connectivity index (χ2n) is 5.01. The van der Waals surface area contributed by atoms with Gasteiger partial charge in [-0.3, -0.25) is 4.79 Å². The molecule has 6 heteroatoms. The van der Waals surface area contributed by atoms with Crippen LogP contribution in [0.15, 0.2) is 0 Å². The first-order valence-electron chi connectivity index (χ1n) is 7.26. The van der Waals surface area contributed by atoms with Crippen LogP contribution < -0.4 is 11.1 Å². The number of carbonyl (C=O) groups is 2. The molecule has 0 saturated heterocycles. The minimum Gasteiger partial charge on any atom is -0.480 e. The summed E-state index contributed by atoms with van der Waals surface area (Å²) in [7, 11) is 0. The van der Waals surface area contributed by atoms with Gasteiger partial charge in [0.05, 0.1) is 0 Å². The Bertz CT molecular complexity index is 282. The number of rotatable bonds is 12. The van der Waals surface area contributed by atoms with Crippen molar-refractivity contribution >= 4 is 23.6 Å². The van der Waals surface area contributed by atoms with Crippen molar-refractivity contribution in [2.24, 2.45) is 11.7 Å². The molecule has 1 unspecified atom stereocenters. The van der Waals surface area contributed by atoms with Gasteiger partial charge in [0.15, 0.2) is 0 Å². The van der Waals surface area contributed by atoms with Gasteiger partial charge in [-0.25, -0.2) is 4.79 Å². The van der Waals surface area contributed by atoms with E-state index < -0.39 is 12.0 Å². The van der Waals surface area contributed by atoms with Gasteiger partial charge in [0, 0.05) is 6.42 Å². The first-order valence-corrected chi connectivity index (χ1v) is 8.65. The summed E-state index contributed by atoms with van der Waals surface area (Å²) in [6.45, 7) is 2.75. The first-order chi connectivity index (χ1) is 9.54. The average Bonchev–Trinajstić information content (AvgIpc) is 2.41. The number of nitrogens with one attached hydrogen (secondary N) is 1. The van der Waals surface area contributed by atoms with Gasteiger partial charge in [-0.2, -0.15) is 11.8 Å². The van der Waals surface area contributed by atoms with E-state index in [1.54, 1.807) is 11.8 Å². The summed E-state index contributed by atoms with van der Waals surface area (Å²) in [5.74, 6) is 0.0596. The normalized spacial score (nSPS) is 13.8. The molecule has 1 amide bonds. The van der Waals surface area contributed by atoms with E-state index in [1.807, 2.05) is 6.26 Å². The lowest BCUT2D eigenvalue weighted by atomic mass is 9.94. The Morgan fingerprint density at radius 2 is 1.95 bits per heavy atom. The highest BCUT2D eigenvalue weighted by Crippen LogP contribution is 2.17. The van der Waals surface area contributed by atoms with Gasteiger partial charge in [0.1, 0.15) is 6.04 Å². The molecule has 0 bridgehead atoms. The molecule has 0 spiro atoms. The fourth-order valence-electron chi connectivity index (χ4n) is 2.17. The molecular formula is C14H28N2O3S. The van der Waals surface area contributed by atoms with E-state index in [0.717, 1.165) is 31.4 Å². The summed E-state index contributed by atoms with van der Waals surface area (Å²) < 4.78 is 0. The quantitative estimate of drug-likeness (QED) is 0.512. The number of hydrogen-bond donors (Lipinski definition) is 3. The maximum Gasteiger partial charge on any atom is 0.326 e. The molecule has 0 aliphatic carbocycles. The van der Waals surface area contributed by atoms with Crippen molar-refractivity contribution in [1.29, 1.82) is 0 Å². The molecule has 0 aliphatic heterocycles. The average molecular weight is 304 g/mol. The van der Waals surface area contributed by atoms with E-state index in [1.165, 1.54) is 0 Å². The molecule has 4 N–H and O–H groups in total. The fourth-order valence-corrected chi connectivity index (χ4v) is 2.64. The van der Waals surface area contributed by atoms with Gasteiger partial charge in [-0.05, 0) is 43.7 Å². The number of aliphatic carboxylic acids is 1. The molecule has 20 heavy (non-hydrogen) atoms. The standard InChI is InChI=1S/C14H28N2O3S/c1-3-4-11(7-9-15)5-6-13(17)16-12(14(18)19)8-10-20-2/h11-12H,3-10,15H2,1-2H3,(H,16,17)(H,18,19)/t11?,12-/m1/s1. The number of amides is 1. The molecule has 2 atom stereocenters. The third-order valence-corrected chi connectivity index (χ3v) is 3.94. The molecule has 0 heterocycles. The summed E-state index contributed by atoms with van der Waals surface area (Å²) in [4.78, 5) is 22.9. The molecular weight excluding hydrogens is 276 g/mol. The van der Waals surface area contributed by atoms with Crippen LogP contribution in [-0.4, -0.2) is 41.6 Å². The summed E-state index contributed by atoms with van der Waals surface area (Å²) in [5.41, 5.74) is 5.56. The SMILES string of the molecule is CCCC(CCN)CCC(=O)N[C@H](CCSC)C(=O)O. The van der Waals surface area contributed by atoms with Crippen LogP contribution in [-0.2, 0) is 9.59 Å². The van der Waals surface area contributed by atoms with Crippen molar-refractivity contribution < 1.29 is 14.7 Å². The Hall–Kier alpha value is -0.750. The van der Waals surface area contributed by atoms with E-state index in [4.69, 9.17) is 10.8 Å².